The van der Waals surface area contributed by atoms with Crippen LogP contribution in [0.1, 0.15) is 37.8 Å². The van der Waals surface area contributed by atoms with E-state index < -0.39 is 0 Å². The molecule has 0 unspecified atom stereocenters. The van der Waals surface area contributed by atoms with Gasteiger partial charge in [0, 0.05) is 18.9 Å². The predicted octanol–water partition coefficient (Wildman–Crippen LogP) is 2.92. The largest absolute Gasteiger partial charge is 0.313 e. The van der Waals surface area contributed by atoms with Crippen LogP contribution < -0.4 is 5.32 Å². The molecule has 0 aliphatic carbocycles. The Kier molecular flexibility index (Phi) is 5.33. The maximum absolute atomic E-state index is 4.17. The van der Waals surface area contributed by atoms with Crippen molar-refractivity contribution in [3.63, 3.8) is 0 Å². The average Bonchev–Trinajstić information content (AvgIpc) is 2.17. The van der Waals surface area contributed by atoms with Gasteiger partial charge < -0.3 is 5.32 Å². The van der Waals surface area contributed by atoms with Crippen LogP contribution in [0.4, 0.5) is 0 Å². The fraction of sp³-hybridized carbons (Fsp3) is 0.615. The monoisotopic (exact) mass is 206 g/mol. The Morgan fingerprint density at radius 1 is 1.33 bits per heavy atom. The van der Waals surface area contributed by atoms with Gasteiger partial charge in [-0.05, 0) is 43.4 Å². The minimum atomic E-state index is 0.812. The Balaban J connectivity index is 2.15. The van der Waals surface area contributed by atoms with Crippen LogP contribution in [0.25, 0.3) is 0 Å². The van der Waals surface area contributed by atoms with E-state index in [4.69, 9.17) is 0 Å². The van der Waals surface area contributed by atoms with Gasteiger partial charge in [-0.15, -0.1) is 0 Å². The molecule has 0 aliphatic rings. The average molecular weight is 206 g/mol. The highest BCUT2D eigenvalue weighted by atomic mass is 14.8. The van der Waals surface area contributed by atoms with Crippen molar-refractivity contribution in [3.8, 4) is 0 Å². The predicted molar refractivity (Wildman–Crippen MR) is 64.8 cm³/mol. The molecule has 15 heavy (non-hydrogen) atoms. The van der Waals surface area contributed by atoms with Crippen molar-refractivity contribution in [1.82, 2.24) is 10.3 Å². The van der Waals surface area contributed by atoms with Gasteiger partial charge in [0.25, 0.3) is 0 Å². The lowest BCUT2D eigenvalue weighted by molar-refractivity contribution is 0.527. The molecule has 0 saturated carbocycles. The lowest BCUT2D eigenvalue weighted by Crippen LogP contribution is -2.15. The van der Waals surface area contributed by atoms with Gasteiger partial charge in [0.2, 0.25) is 0 Å². The Hall–Kier alpha value is -0.890. The van der Waals surface area contributed by atoms with E-state index in [-0.39, 0.29) is 0 Å². The number of aryl methyl sites for hydroxylation is 1. The molecule has 0 aliphatic heterocycles. The van der Waals surface area contributed by atoms with Crippen molar-refractivity contribution in [2.75, 3.05) is 6.54 Å². The molecule has 0 amide bonds. The summed E-state index contributed by atoms with van der Waals surface area (Å²) in [7, 11) is 0. The van der Waals surface area contributed by atoms with Crippen LogP contribution in [0.15, 0.2) is 18.5 Å². The second kappa shape index (κ2) is 6.57. The summed E-state index contributed by atoms with van der Waals surface area (Å²) in [5.74, 6) is 0.812. The van der Waals surface area contributed by atoms with Crippen LogP contribution in [0.5, 0.6) is 0 Å². The van der Waals surface area contributed by atoms with Gasteiger partial charge in [-0.25, -0.2) is 0 Å². The molecule has 1 rings (SSSR count). The normalized spacial score (nSPS) is 10.9. The molecule has 1 aromatic heterocycles. The summed E-state index contributed by atoms with van der Waals surface area (Å²) >= 11 is 0. The standard InChI is InChI=1S/C13H22N2/c1-11(2)5-4-6-14-9-13-7-12(3)8-15-10-13/h7-8,10-11,14H,4-6,9H2,1-3H3. The van der Waals surface area contributed by atoms with E-state index in [1.54, 1.807) is 0 Å². The Bertz CT molecular complexity index is 282. The smallest absolute Gasteiger partial charge is 0.0313 e. The van der Waals surface area contributed by atoms with E-state index in [0.717, 1.165) is 19.0 Å². The van der Waals surface area contributed by atoms with Gasteiger partial charge in [-0.1, -0.05) is 19.9 Å². The van der Waals surface area contributed by atoms with Crippen molar-refractivity contribution in [3.05, 3.63) is 29.6 Å². The van der Waals surface area contributed by atoms with Gasteiger partial charge in [-0.3, -0.25) is 4.98 Å². The first kappa shape index (κ1) is 12.2. The molecule has 0 radical (unpaired) electrons. The fourth-order valence-electron chi connectivity index (χ4n) is 1.58. The molecule has 1 aromatic rings. The van der Waals surface area contributed by atoms with Crippen molar-refractivity contribution in [2.45, 2.75) is 40.2 Å². The van der Waals surface area contributed by atoms with E-state index >= 15 is 0 Å². The number of rotatable bonds is 6. The quantitative estimate of drug-likeness (QED) is 0.724. The molecule has 1 N–H and O–H groups in total. The van der Waals surface area contributed by atoms with Crippen molar-refractivity contribution >= 4 is 0 Å². The third-order valence-corrected chi connectivity index (χ3v) is 2.40. The Labute approximate surface area is 93.1 Å². The molecule has 0 fully saturated rings. The molecule has 0 saturated heterocycles. The molecule has 0 aromatic carbocycles. The van der Waals surface area contributed by atoms with Crippen molar-refractivity contribution < 1.29 is 0 Å². The summed E-state index contributed by atoms with van der Waals surface area (Å²) in [6.45, 7) is 8.66. The second-order valence-corrected chi connectivity index (χ2v) is 4.58. The number of pyridine rings is 1. The minimum Gasteiger partial charge on any atom is -0.313 e. The first-order valence-corrected chi connectivity index (χ1v) is 5.79. The third kappa shape index (κ3) is 5.53. The lowest BCUT2D eigenvalue weighted by atomic mass is 10.1. The highest BCUT2D eigenvalue weighted by Crippen LogP contribution is 2.03. The SMILES string of the molecule is Cc1cncc(CNCCCC(C)C)c1. The molecule has 84 valence electrons. The molecule has 1 heterocycles. The molecule has 0 spiro atoms. The summed E-state index contributed by atoms with van der Waals surface area (Å²) < 4.78 is 0. The maximum Gasteiger partial charge on any atom is 0.0313 e. The van der Waals surface area contributed by atoms with Crippen molar-refractivity contribution in [2.24, 2.45) is 5.92 Å². The van der Waals surface area contributed by atoms with Crippen LogP contribution in [0, 0.1) is 12.8 Å². The molecular formula is C13H22N2. The number of hydrogen-bond acceptors (Lipinski definition) is 2. The summed E-state index contributed by atoms with van der Waals surface area (Å²) in [5.41, 5.74) is 2.51. The van der Waals surface area contributed by atoms with Gasteiger partial charge in [0.1, 0.15) is 0 Å². The fourth-order valence-corrected chi connectivity index (χ4v) is 1.58. The van der Waals surface area contributed by atoms with Crippen LogP contribution >= 0.6 is 0 Å². The zero-order valence-electron chi connectivity index (χ0n) is 10.1. The summed E-state index contributed by atoms with van der Waals surface area (Å²) in [6.07, 6.45) is 6.39. The lowest BCUT2D eigenvalue weighted by Gasteiger charge is -2.06. The number of aromatic nitrogens is 1. The third-order valence-electron chi connectivity index (χ3n) is 2.40. The summed E-state index contributed by atoms with van der Waals surface area (Å²) in [6, 6.07) is 2.18. The highest BCUT2D eigenvalue weighted by Gasteiger charge is 1.95. The number of nitrogens with zero attached hydrogens (tertiary/aromatic N) is 1. The number of hydrogen-bond donors (Lipinski definition) is 1. The van der Waals surface area contributed by atoms with E-state index in [1.165, 1.54) is 24.0 Å². The maximum atomic E-state index is 4.17. The number of nitrogens with one attached hydrogen (secondary N) is 1. The zero-order chi connectivity index (χ0) is 11.1. The Morgan fingerprint density at radius 3 is 2.80 bits per heavy atom. The summed E-state index contributed by atoms with van der Waals surface area (Å²) in [4.78, 5) is 4.17. The van der Waals surface area contributed by atoms with Gasteiger partial charge in [0.05, 0.1) is 0 Å². The molecular weight excluding hydrogens is 184 g/mol. The van der Waals surface area contributed by atoms with Crippen LogP contribution in [0.3, 0.4) is 0 Å². The van der Waals surface area contributed by atoms with Crippen molar-refractivity contribution in [1.29, 1.82) is 0 Å². The van der Waals surface area contributed by atoms with Crippen LogP contribution in [-0.4, -0.2) is 11.5 Å². The van der Waals surface area contributed by atoms with E-state index in [0.29, 0.717) is 0 Å². The van der Waals surface area contributed by atoms with E-state index in [1.807, 2.05) is 12.4 Å². The van der Waals surface area contributed by atoms with Gasteiger partial charge in [0.15, 0.2) is 0 Å². The highest BCUT2D eigenvalue weighted by molar-refractivity contribution is 5.16. The van der Waals surface area contributed by atoms with E-state index in [9.17, 15) is 0 Å². The molecule has 2 nitrogen and oxygen atoms in total. The van der Waals surface area contributed by atoms with Crippen LogP contribution in [-0.2, 0) is 6.54 Å². The first-order valence-electron chi connectivity index (χ1n) is 5.79. The van der Waals surface area contributed by atoms with Gasteiger partial charge >= 0.3 is 0 Å². The molecule has 0 atom stereocenters. The molecule has 2 heteroatoms. The first-order chi connectivity index (χ1) is 7.18. The topological polar surface area (TPSA) is 24.9 Å². The Morgan fingerprint density at radius 2 is 2.13 bits per heavy atom. The minimum absolute atomic E-state index is 0.812. The molecule has 0 bridgehead atoms. The summed E-state index contributed by atoms with van der Waals surface area (Å²) in [5, 5.41) is 3.44. The van der Waals surface area contributed by atoms with Crippen LogP contribution in [0.2, 0.25) is 0 Å². The van der Waals surface area contributed by atoms with Gasteiger partial charge in [-0.2, -0.15) is 0 Å². The van der Waals surface area contributed by atoms with E-state index in [2.05, 4.69) is 37.1 Å². The zero-order valence-corrected chi connectivity index (χ0v) is 10.1. The second-order valence-electron chi connectivity index (χ2n) is 4.58.